The second-order valence-corrected chi connectivity index (χ2v) is 3.88. The summed E-state index contributed by atoms with van der Waals surface area (Å²) in [4.78, 5) is 24.4. The van der Waals surface area contributed by atoms with Crippen LogP contribution in [-0.4, -0.2) is 42.0 Å². The van der Waals surface area contributed by atoms with E-state index in [1.807, 2.05) is 6.92 Å². The molecule has 0 aromatic heterocycles. The van der Waals surface area contributed by atoms with E-state index >= 15 is 0 Å². The number of piperazine rings is 1. The Bertz CT molecular complexity index is 261. The first-order chi connectivity index (χ1) is 6.70. The van der Waals surface area contributed by atoms with Gasteiger partial charge in [0, 0.05) is 12.6 Å². The fraction of sp³-hybridized carbons (Fsp3) is 0.778. The van der Waals surface area contributed by atoms with Crippen LogP contribution in [0.25, 0.3) is 0 Å². The van der Waals surface area contributed by atoms with E-state index in [4.69, 9.17) is 0 Å². The van der Waals surface area contributed by atoms with Gasteiger partial charge in [-0.25, -0.2) is 0 Å². The van der Waals surface area contributed by atoms with Crippen LogP contribution in [0.3, 0.4) is 0 Å². The van der Waals surface area contributed by atoms with Gasteiger partial charge in [0.2, 0.25) is 0 Å². The van der Waals surface area contributed by atoms with Crippen molar-refractivity contribution in [2.75, 3.05) is 13.1 Å². The molecule has 0 aromatic rings. The molecule has 2 rings (SSSR count). The van der Waals surface area contributed by atoms with Gasteiger partial charge < -0.3 is 10.2 Å². The Morgan fingerprint density at radius 2 is 2.21 bits per heavy atom. The van der Waals surface area contributed by atoms with Gasteiger partial charge in [0.15, 0.2) is 0 Å². The molecule has 0 aliphatic carbocycles. The van der Waals surface area contributed by atoms with Gasteiger partial charge in [0.05, 0.1) is 6.17 Å². The first-order valence-electron chi connectivity index (χ1n) is 5.04. The molecule has 2 amide bonds. The summed E-state index contributed by atoms with van der Waals surface area (Å²) in [6.07, 6.45) is 2.08. The minimum atomic E-state index is -0.475. The second-order valence-electron chi connectivity index (χ2n) is 3.88. The van der Waals surface area contributed by atoms with Crippen molar-refractivity contribution in [1.29, 1.82) is 0 Å². The molecule has 2 N–H and O–H groups in total. The highest BCUT2D eigenvalue weighted by Gasteiger charge is 2.37. The molecule has 5 heteroatoms. The van der Waals surface area contributed by atoms with Crippen LogP contribution < -0.4 is 10.6 Å². The molecule has 14 heavy (non-hydrogen) atoms. The van der Waals surface area contributed by atoms with E-state index in [2.05, 4.69) is 10.6 Å². The Kier molecular flexibility index (Phi) is 2.41. The summed E-state index contributed by atoms with van der Waals surface area (Å²) >= 11 is 0. The summed E-state index contributed by atoms with van der Waals surface area (Å²) in [6.45, 7) is 3.45. The molecule has 2 aliphatic heterocycles. The van der Waals surface area contributed by atoms with Gasteiger partial charge in [0.1, 0.15) is 0 Å². The van der Waals surface area contributed by atoms with Crippen molar-refractivity contribution in [2.24, 2.45) is 0 Å². The number of carbonyl (C=O) groups excluding carboxylic acids is 2. The molecule has 2 saturated heterocycles. The molecule has 78 valence electrons. The predicted molar refractivity (Wildman–Crippen MR) is 50.3 cm³/mol. The van der Waals surface area contributed by atoms with Crippen molar-refractivity contribution in [1.82, 2.24) is 15.5 Å². The average Bonchev–Trinajstić information content (AvgIpc) is 2.65. The Morgan fingerprint density at radius 3 is 2.86 bits per heavy atom. The van der Waals surface area contributed by atoms with E-state index in [1.165, 1.54) is 0 Å². The van der Waals surface area contributed by atoms with Crippen molar-refractivity contribution < 1.29 is 9.59 Å². The van der Waals surface area contributed by atoms with Gasteiger partial charge in [-0.2, -0.15) is 0 Å². The number of hydrogen-bond donors (Lipinski definition) is 2. The quantitative estimate of drug-likeness (QED) is 0.532. The molecule has 0 saturated carbocycles. The highest BCUT2D eigenvalue weighted by Crippen LogP contribution is 2.15. The van der Waals surface area contributed by atoms with Crippen LogP contribution in [0.2, 0.25) is 0 Å². The Labute approximate surface area is 82.8 Å². The fourth-order valence-corrected chi connectivity index (χ4v) is 2.08. The predicted octanol–water partition coefficient (Wildman–Crippen LogP) is -0.957. The lowest BCUT2D eigenvalue weighted by molar-refractivity contribution is -0.152. The Balaban J connectivity index is 2.12. The highest BCUT2D eigenvalue weighted by molar-refractivity contribution is 6.35. The third-order valence-electron chi connectivity index (χ3n) is 2.83. The van der Waals surface area contributed by atoms with Crippen LogP contribution in [0, 0.1) is 0 Å². The van der Waals surface area contributed by atoms with Crippen molar-refractivity contribution >= 4 is 11.8 Å². The summed E-state index contributed by atoms with van der Waals surface area (Å²) in [5.74, 6) is -0.875. The summed E-state index contributed by atoms with van der Waals surface area (Å²) in [5.41, 5.74) is 0. The van der Waals surface area contributed by atoms with Gasteiger partial charge in [-0.15, -0.1) is 0 Å². The standard InChI is InChI=1S/C9H15N3O2/c1-6-5-11-8(13)9(14)12(6)7-3-2-4-10-7/h6-7,10H,2-5H2,1H3,(H,11,13). The average molecular weight is 197 g/mol. The number of amides is 2. The van der Waals surface area contributed by atoms with Crippen LogP contribution in [-0.2, 0) is 9.59 Å². The topological polar surface area (TPSA) is 61.4 Å². The summed E-state index contributed by atoms with van der Waals surface area (Å²) in [5, 5.41) is 5.81. The van der Waals surface area contributed by atoms with Crippen molar-refractivity contribution in [3.63, 3.8) is 0 Å². The molecule has 0 radical (unpaired) electrons. The summed E-state index contributed by atoms with van der Waals surface area (Å²) in [7, 11) is 0. The highest BCUT2D eigenvalue weighted by atomic mass is 16.2. The van der Waals surface area contributed by atoms with Gasteiger partial charge >= 0.3 is 11.8 Å². The zero-order valence-corrected chi connectivity index (χ0v) is 8.25. The molecule has 2 fully saturated rings. The lowest BCUT2D eigenvalue weighted by atomic mass is 10.1. The van der Waals surface area contributed by atoms with E-state index in [0.29, 0.717) is 6.54 Å². The maximum Gasteiger partial charge on any atom is 0.313 e. The molecular weight excluding hydrogens is 182 g/mol. The lowest BCUT2D eigenvalue weighted by Crippen LogP contribution is -2.62. The lowest BCUT2D eigenvalue weighted by Gasteiger charge is -2.37. The molecule has 0 aromatic carbocycles. The Morgan fingerprint density at radius 1 is 1.43 bits per heavy atom. The van der Waals surface area contributed by atoms with Crippen LogP contribution in [0.4, 0.5) is 0 Å². The van der Waals surface area contributed by atoms with E-state index < -0.39 is 11.8 Å². The molecule has 0 spiro atoms. The van der Waals surface area contributed by atoms with Crippen LogP contribution in [0.5, 0.6) is 0 Å². The summed E-state index contributed by atoms with van der Waals surface area (Å²) in [6, 6.07) is 0.0933. The third-order valence-corrected chi connectivity index (χ3v) is 2.83. The smallest absolute Gasteiger partial charge is 0.313 e. The first-order valence-corrected chi connectivity index (χ1v) is 5.04. The van der Waals surface area contributed by atoms with Gasteiger partial charge in [-0.3, -0.25) is 14.9 Å². The number of hydrogen-bond acceptors (Lipinski definition) is 3. The van der Waals surface area contributed by atoms with Gasteiger partial charge in [-0.1, -0.05) is 0 Å². The van der Waals surface area contributed by atoms with Gasteiger partial charge in [0.25, 0.3) is 0 Å². The zero-order chi connectivity index (χ0) is 10.1. The number of nitrogens with one attached hydrogen (secondary N) is 2. The summed E-state index contributed by atoms with van der Waals surface area (Å²) < 4.78 is 0. The minimum Gasteiger partial charge on any atom is -0.346 e. The monoisotopic (exact) mass is 197 g/mol. The maximum atomic E-state index is 11.6. The molecule has 2 aliphatic rings. The molecule has 2 heterocycles. The van der Waals surface area contributed by atoms with E-state index in [9.17, 15) is 9.59 Å². The zero-order valence-electron chi connectivity index (χ0n) is 8.25. The molecule has 5 nitrogen and oxygen atoms in total. The van der Waals surface area contributed by atoms with Crippen LogP contribution in [0.15, 0.2) is 0 Å². The number of nitrogens with zero attached hydrogens (tertiary/aromatic N) is 1. The van der Waals surface area contributed by atoms with Gasteiger partial charge in [-0.05, 0) is 26.3 Å². The molecule has 0 bridgehead atoms. The Hall–Kier alpha value is -1.10. The fourth-order valence-electron chi connectivity index (χ4n) is 2.08. The van der Waals surface area contributed by atoms with Crippen molar-refractivity contribution in [3.05, 3.63) is 0 Å². The van der Waals surface area contributed by atoms with E-state index in [1.54, 1.807) is 4.90 Å². The normalized spacial score (nSPS) is 33.4. The van der Waals surface area contributed by atoms with Crippen LogP contribution in [0.1, 0.15) is 19.8 Å². The van der Waals surface area contributed by atoms with Crippen LogP contribution >= 0.6 is 0 Å². The SMILES string of the molecule is CC1CNC(=O)C(=O)N1C1CCCN1. The largest absolute Gasteiger partial charge is 0.346 e. The second kappa shape index (κ2) is 3.57. The van der Waals surface area contributed by atoms with Crippen molar-refractivity contribution in [2.45, 2.75) is 32.0 Å². The molecule has 2 atom stereocenters. The van der Waals surface area contributed by atoms with Crippen molar-refractivity contribution in [3.8, 4) is 0 Å². The molecular formula is C9H15N3O2. The third kappa shape index (κ3) is 1.48. The minimum absolute atomic E-state index is 0.0588. The number of rotatable bonds is 1. The van der Waals surface area contributed by atoms with E-state index in [-0.39, 0.29) is 12.2 Å². The van der Waals surface area contributed by atoms with E-state index in [0.717, 1.165) is 19.4 Å². The maximum absolute atomic E-state index is 11.6. The first kappa shape index (κ1) is 9.45. The number of carbonyl (C=O) groups is 2. The molecule has 2 unspecified atom stereocenters.